The van der Waals surface area contributed by atoms with Crippen molar-refractivity contribution < 1.29 is 9.53 Å². The zero-order chi connectivity index (χ0) is 15.0. The van der Waals surface area contributed by atoms with Gasteiger partial charge in [0.1, 0.15) is 0 Å². The van der Waals surface area contributed by atoms with Gasteiger partial charge in [0.2, 0.25) is 5.91 Å². The van der Waals surface area contributed by atoms with Crippen LogP contribution in [0.25, 0.3) is 0 Å². The Balaban J connectivity index is 2.29. The SMILES string of the molecule is CC(C)CN(CC(C)C)C(=O)CCOC1CCNCC1. The highest BCUT2D eigenvalue weighted by Gasteiger charge is 2.18. The number of piperidine rings is 1. The first-order valence-corrected chi connectivity index (χ1v) is 8.09. The number of nitrogens with one attached hydrogen (secondary N) is 1. The van der Waals surface area contributed by atoms with Gasteiger partial charge in [-0.3, -0.25) is 4.79 Å². The van der Waals surface area contributed by atoms with E-state index in [1.807, 2.05) is 4.90 Å². The van der Waals surface area contributed by atoms with Gasteiger partial charge in [0.05, 0.1) is 19.1 Å². The van der Waals surface area contributed by atoms with Crippen LogP contribution in [-0.4, -0.2) is 49.7 Å². The van der Waals surface area contributed by atoms with E-state index in [0.29, 0.717) is 31.0 Å². The molecule has 0 aromatic carbocycles. The molecular formula is C16H32N2O2. The highest BCUT2D eigenvalue weighted by molar-refractivity contribution is 5.76. The van der Waals surface area contributed by atoms with E-state index < -0.39 is 0 Å². The molecule has 0 bridgehead atoms. The standard InChI is InChI=1S/C16H32N2O2/c1-13(2)11-18(12-14(3)4)16(19)7-10-20-15-5-8-17-9-6-15/h13-15,17H,5-12H2,1-4H3. The molecule has 0 unspecified atom stereocenters. The van der Waals surface area contributed by atoms with E-state index in [9.17, 15) is 4.79 Å². The predicted molar refractivity (Wildman–Crippen MR) is 82.7 cm³/mol. The second-order valence-corrected chi connectivity index (χ2v) is 6.66. The summed E-state index contributed by atoms with van der Waals surface area (Å²) in [6, 6.07) is 0. The topological polar surface area (TPSA) is 41.6 Å². The van der Waals surface area contributed by atoms with E-state index in [1.165, 1.54) is 0 Å². The zero-order valence-electron chi connectivity index (χ0n) is 13.7. The Kier molecular flexibility index (Phi) is 8.15. The molecule has 0 atom stereocenters. The lowest BCUT2D eigenvalue weighted by molar-refractivity contribution is -0.134. The fraction of sp³-hybridized carbons (Fsp3) is 0.938. The third-order valence-electron chi connectivity index (χ3n) is 3.48. The Morgan fingerprint density at radius 3 is 2.20 bits per heavy atom. The van der Waals surface area contributed by atoms with Gasteiger partial charge >= 0.3 is 0 Å². The molecule has 4 nitrogen and oxygen atoms in total. The number of carbonyl (C=O) groups is 1. The quantitative estimate of drug-likeness (QED) is 0.743. The maximum atomic E-state index is 12.3. The second kappa shape index (κ2) is 9.35. The first-order valence-electron chi connectivity index (χ1n) is 8.09. The lowest BCUT2D eigenvalue weighted by atomic mass is 10.1. The second-order valence-electron chi connectivity index (χ2n) is 6.66. The molecule has 118 valence electrons. The molecule has 0 spiro atoms. The van der Waals surface area contributed by atoms with Crippen molar-refractivity contribution in [2.24, 2.45) is 11.8 Å². The lowest BCUT2D eigenvalue weighted by Crippen LogP contribution is -2.38. The summed E-state index contributed by atoms with van der Waals surface area (Å²) in [6.07, 6.45) is 2.99. The third kappa shape index (κ3) is 7.25. The number of ether oxygens (including phenoxy) is 1. The molecule has 0 saturated carbocycles. The van der Waals surface area contributed by atoms with Crippen molar-refractivity contribution in [3.05, 3.63) is 0 Å². The molecule has 0 radical (unpaired) electrons. The van der Waals surface area contributed by atoms with E-state index in [-0.39, 0.29) is 5.91 Å². The van der Waals surface area contributed by atoms with E-state index in [2.05, 4.69) is 33.0 Å². The van der Waals surface area contributed by atoms with Crippen molar-refractivity contribution in [1.82, 2.24) is 10.2 Å². The van der Waals surface area contributed by atoms with E-state index in [1.54, 1.807) is 0 Å². The molecule has 1 N–H and O–H groups in total. The Labute approximate surface area is 124 Å². The van der Waals surface area contributed by atoms with Gasteiger partial charge in [0, 0.05) is 13.1 Å². The first kappa shape index (κ1) is 17.4. The molecule has 1 heterocycles. The maximum absolute atomic E-state index is 12.3. The summed E-state index contributed by atoms with van der Waals surface area (Å²) in [6.45, 7) is 13.0. The molecule has 0 aromatic heterocycles. The van der Waals surface area contributed by atoms with Crippen LogP contribution >= 0.6 is 0 Å². The number of hydrogen-bond acceptors (Lipinski definition) is 3. The number of amides is 1. The number of nitrogens with zero attached hydrogens (tertiary/aromatic N) is 1. The van der Waals surface area contributed by atoms with Crippen LogP contribution in [0, 0.1) is 11.8 Å². The first-order chi connectivity index (χ1) is 9.49. The number of carbonyl (C=O) groups excluding carboxylic acids is 1. The van der Waals surface area contributed by atoms with Gasteiger partial charge in [-0.25, -0.2) is 0 Å². The molecule has 1 aliphatic heterocycles. The fourth-order valence-corrected chi connectivity index (χ4v) is 2.59. The summed E-state index contributed by atoms with van der Waals surface area (Å²) >= 11 is 0. The van der Waals surface area contributed by atoms with Crippen molar-refractivity contribution >= 4 is 5.91 Å². The van der Waals surface area contributed by atoms with Crippen molar-refractivity contribution in [3.8, 4) is 0 Å². The zero-order valence-corrected chi connectivity index (χ0v) is 13.7. The van der Waals surface area contributed by atoms with E-state index in [0.717, 1.165) is 39.0 Å². The average molecular weight is 284 g/mol. The smallest absolute Gasteiger partial charge is 0.224 e. The van der Waals surface area contributed by atoms with Crippen LogP contribution in [0.4, 0.5) is 0 Å². The highest BCUT2D eigenvalue weighted by atomic mass is 16.5. The lowest BCUT2D eigenvalue weighted by Gasteiger charge is -2.27. The van der Waals surface area contributed by atoms with Crippen LogP contribution in [0.5, 0.6) is 0 Å². The van der Waals surface area contributed by atoms with Crippen molar-refractivity contribution in [1.29, 1.82) is 0 Å². The summed E-state index contributed by atoms with van der Waals surface area (Å²) < 4.78 is 5.83. The molecule has 0 aromatic rings. The van der Waals surface area contributed by atoms with Crippen LogP contribution in [-0.2, 0) is 9.53 Å². The van der Waals surface area contributed by atoms with Gasteiger partial charge in [0.15, 0.2) is 0 Å². The summed E-state index contributed by atoms with van der Waals surface area (Å²) in [5, 5.41) is 3.32. The summed E-state index contributed by atoms with van der Waals surface area (Å²) in [4.78, 5) is 14.3. The molecule has 1 saturated heterocycles. The normalized spacial score (nSPS) is 16.9. The van der Waals surface area contributed by atoms with E-state index in [4.69, 9.17) is 4.74 Å². The Bertz CT molecular complexity index is 264. The Morgan fingerprint density at radius 2 is 1.70 bits per heavy atom. The molecule has 1 amide bonds. The van der Waals surface area contributed by atoms with Crippen molar-refractivity contribution in [2.75, 3.05) is 32.8 Å². The average Bonchev–Trinajstić information content (AvgIpc) is 2.38. The van der Waals surface area contributed by atoms with Crippen LogP contribution in [0.3, 0.4) is 0 Å². The van der Waals surface area contributed by atoms with Gasteiger partial charge in [-0.05, 0) is 37.8 Å². The third-order valence-corrected chi connectivity index (χ3v) is 3.48. The number of rotatable bonds is 8. The highest BCUT2D eigenvalue weighted by Crippen LogP contribution is 2.09. The van der Waals surface area contributed by atoms with Crippen LogP contribution in [0.15, 0.2) is 0 Å². The molecule has 4 heteroatoms. The molecule has 1 fully saturated rings. The molecule has 0 aliphatic carbocycles. The summed E-state index contributed by atoms with van der Waals surface area (Å²) in [5.74, 6) is 1.27. The Hall–Kier alpha value is -0.610. The molecular weight excluding hydrogens is 252 g/mol. The molecule has 20 heavy (non-hydrogen) atoms. The monoisotopic (exact) mass is 284 g/mol. The van der Waals surface area contributed by atoms with E-state index >= 15 is 0 Å². The largest absolute Gasteiger partial charge is 0.378 e. The van der Waals surface area contributed by atoms with Gasteiger partial charge in [0.25, 0.3) is 0 Å². The van der Waals surface area contributed by atoms with Crippen LogP contribution in [0.1, 0.15) is 47.0 Å². The van der Waals surface area contributed by atoms with Crippen molar-refractivity contribution in [3.63, 3.8) is 0 Å². The van der Waals surface area contributed by atoms with Crippen LogP contribution < -0.4 is 5.32 Å². The minimum Gasteiger partial charge on any atom is -0.378 e. The van der Waals surface area contributed by atoms with Gasteiger partial charge in [-0.2, -0.15) is 0 Å². The Morgan fingerprint density at radius 1 is 1.15 bits per heavy atom. The fourth-order valence-electron chi connectivity index (χ4n) is 2.59. The molecule has 1 rings (SSSR count). The van der Waals surface area contributed by atoms with Crippen molar-refractivity contribution in [2.45, 2.75) is 53.1 Å². The summed E-state index contributed by atoms with van der Waals surface area (Å²) in [5.41, 5.74) is 0. The molecule has 1 aliphatic rings. The maximum Gasteiger partial charge on any atom is 0.224 e. The van der Waals surface area contributed by atoms with Gasteiger partial charge in [-0.1, -0.05) is 27.7 Å². The number of hydrogen-bond donors (Lipinski definition) is 1. The summed E-state index contributed by atoms with van der Waals surface area (Å²) in [7, 11) is 0. The predicted octanol–water partition coefficient (Wildman–Crippen LogP) is 2.29. The van der Waals surface area contributed by atoms with Crippen LogP contribution in [0.2, 0.25) is 0 Å². The van der Waals surface area contributed by atoms with Gasteiger partial charge < -0.3 is 15.0 Å². The van der Waals surface area contributed by atoms with Gasteiger partial charge in [-0.15, -0.1) is 0 Å². The minimum absolute atomic E-state index is 0.237. The minimum atomic E-state index is 0.237.